The summed E-state index contributed by atoms with van der Waals surface area (Å²) < 4.78 is 6.39. The summed E-state index contributed by atoms with van der Waals surface area (Å²) in [6.45, 7) is 2.78. The average Bonchev–Trinajstić information content (AvgIpc) is 2.87. The van der Waals surface area contributed by atoms with Crippen LogP contribution in [0.3, 0.4) is 0 Å². The highest BCUT2D eigenvalue weighted by atomic mass is 16.5. The first-order valence-corrected chi connectivity index (χ1v) is 5.33. The number of hydrogen-bond acceptors (Lipinski definition) is 4. The van der Waals surface area contributed by atoms with Crippen LogP contribution < -0.4 is 0 Å². The van der Waals surface area contributed by atoms with Crippen molar-refractivity contribution in [1.29, 1.82) is 0 Å². The lowest BCUT2D eigenvalue weighted by molar-refractivity contribution is 0.0601. The number of rotatable bonds is 3. The van der Waals surface area contributed by atoms with Crippen molar-refractivity contribution in [3.63, 3.8) is 0 Å². The lowest BCUT2D eigenvalue weighted by Gasteiger charge is -1.99. The van der Waals surface area contributed by atoms with Crippen LogP contribution in [0.2, 0.25) is 0 Å². The first-order chi connectivity index (χ1) is 8.24. The Kier molecular flexibility index (Phi) is 3.18. The fourth-order valence-corrected chi connectivity index (χ4v) is 1.48. The fourth-order valence-electron chi connectivity index (χ4n) is 1.48. The van der Waals surface area contributed by atoms with Crippen molar-refractivity contribution < 1.29 is 9.53 Å². The van der Waals surface area contributed by atoms with Gasteiger partial charge in [0.25, 0.3) is 0 Å². The summed E-state index contributed by atoms with van der Waals surface area (Å²) in [6.07, 6.45) is 1.87. The molecule has 1 aromatic heterocycles. The van der Waals surface area contributed by atoms with E-state index in [1.54, 1.807) is 16.8 Å². The predicted octanol–water partition coefficient (Wildman–Crippen LogP) is 1.75. The molecular weight excluding hydrogens is 218 g/mol. The van der Waals surface area contributed by atoms with Crippen molar-refractivity contribution in [2.45, 2.75) is 13.5 Å². The number of nitrogens with zero attached hydrogens (tertiary/aromatic N) is 3. The molecule has 0 saturated heterocycles. The van der Waals surface area contributed by atoms with Gasteiger partial charge in [0.1, 0.15) is 5.69 Å². The van der Waals surface area contributed by atoms with E-state index in [9.17, 15) is 4.79 Å². The van der Waals surface area contributed by atoms with Gasteiger partial charge in [-0.05, 0) is 19.1 Å². The molecule has 0 saturated carbocycles. The van der Waals surface area contributed by atoms with E-state index >= 15 is 0 Å². The molecule has 0 aliphatic carbocycles. The second-order valence-electron chi connectivity index (χ2n) is 3.53. The number of carbonyl (C=O) groups is 1. The summed E-state index contributed by atoms with van der Waals surface area (Å²) in [4.78, 5) is 11.3. The molecule has 1 aromatic carbocycles. The average molecular weight is 231 g/mol. The van der Waals surface area contributed by atoms with Crippen LogP contribution in [-0.2, 0) is 11.3 Å². The zero-order chi connectivity index (χ0) is 12.3. The molecule has 88 valence electrons. The molecule has 0 fully saturated rings. The smallest absolute Gasteiger partial charge is 0.337 e. The minimum atomic E-state index is -0.339. The van der Waals surface area contributed by atoms with Crippen molar-refractivity contribution in [3.8, 4) is 11.3 Å². The first-order valence-electron chi connectivity index (χ1n) is 5.33. The summed E-state index contributed by atoms with van der Waals surface area (Å²) in [5.74, 6) is -0.339. The predicted molar refractivity (Wildman–Crippen MR) is 62.5 cm³/mol. The normalized spacial score (nSPS) is 10.2. The van der Waals surface area contributed by atoms with Crippen LogP contribution in [0.4, 0.5) is 0 Å². The maximum Gasteiger partial charge on any atom is 0.337 e. The van der Waals surface area contributed by atoms with E-state index in [-0.39, 0.29) is 5.97 Å². The monoisotopic (exact) mass is 231 g/mol. The van der Waals surface area contributed by atoms with Gasteiger partial charge in [-0.25, -0.2) is 4.79 Å². The number of methoxy groups -OCH3 is 1. The molecule has 2 rings (SSSR count). The van der Waals surface area contributed by atoms with E-state index < -0.39 is 0 Å². The van der Waals surface area contributed by atoms with Gasteiger partial charge < -0.3 is 4.74 Å². The minimum absolute atomic E-state index is 0.339. The quantitative estimate of drug-likeness (QED) is 0.755. The molecule has 0 atom stereocenters. The highest BCUT2D eigenvalue weighted by Crippen LogP contribution is 2.17. The Bertz CT molecular complexity index is 517. The molecule has 0 aliphatic rings. The third-order valence-corrected chi connectivity index (χ3v) is 2.46. The van der Waals surface area contributed by atoms with Crippen molar-refractivity contribution in [2.24, 2.45) is 0 Å². The molecule has 1 heterocycles. The number of carbonyl (C=O) groups excluding carboxylic acids is 1. The zero-order valence-corrected chi connectivity index (χ0v) is 9.75. The van der Waals surface area contributed by atoms with Crippen LogP contribution in [0.15, 0.2) is 30.5 Å². The maximum absolute atomic E-state index is 11.3. The minimum Gasteiger partial charge on any atom is -0.465 e. The Hall–Kier alpha value is -2.17. The second-order valence-corrected chi connectivity index (χ2v) is 3.53. The van der Waals surface area contributed by atoms with Gasteiger partial charge in [0.05, 0.1) is 18.9 Å². The van der Waals surface area contributed by atoms with Gasteiger partial charge in [0.2, 0.25) is 0 Å². The molecule has 5 nitrogen and oxygen atoms in total. The van der Waals surface area contributed by atoms with E-state index in [1.807, 2.05) is 25.3 Å². The molecule has 2 aromatic rings. The molecular formula is C12H13N3O2. The van der Waals surface area contributed by atoms with Gasteiger partial charge in [-0.15, -0.1) is 5.10 Å². The number of benzene rings is 1. The molecule has 0 N–H and O–H groups in total. The van der Waals surface area contributed by atoms with Crippen molar-refractivity contribution >= 4 is 5.97 Å². The number of hydrogen-bond donors (Lipinski definition) is 0. The van der Waals surface area contributed by atoms with E-state index in [2.05, 4.69) is 15.0 Å². The SMILES string of the molecule is CCn1cc(-c2ccc(C(=O)OC)cc2)nn1. The molecule has 17 heavy (non-hydrogen) atoms. The van der Waals surface area contributed by atoms with Crippen LogP contribution in [0.5, 0.6) is 0 Å². The van der Waals surface area contributed by atoms with Crippen LogP contribution >= 0.6 is 0 Å². The van der Waals surface area contributed by atoms with E-state index in [0.29, 0.717) is 5.56 Å². The lowest BCUT2D eigenvalue weighted by atomic mass is 10.1. The third kappa shape index (κ3) is 2.33. The van der Waals surface area contributed by atoms with Gasteiger partial charge in [0.15, 0.2) is 0 Å². The summed E-state index contributed by atoms with van der Waals surface area (Å²) in [6, 6.07) is 7.09. The molecule has 0 bridgehead atoms. The second kappa shape index (κ2) is 4.78. The highest BCUT2D eigenvalue weighted by Gasteiger charge is 2.07. The summed E-state index contributed by atoms with van der Waals surface area (Å²) in [5, 5.41) is 8.01. The third-order valence-electron chi connectivity index (χ3n) is 2.46. The van der Waals surface area contributed by atoms with Gasteiger partial charge in [-0.3, -0.25) is 4.68 Å². The Morgan fingerprint density at radius 3 is 2.59 bits per heavy atom. The molecule has 0 spiro atoms. The van der Waals surface area contributed by atoms with Gasteiger partial charge in [-0.2, -0.15) is 0 Å². The Balaban J connectivity index is 2.25. The fraction of sp³-hybridized carbons (Fsp3) is 0.250. The molecule has 5 heteroatoms. The summed E-state index contributed by atoms with van der Waals surface area (Å²) >= 11 is 0. The summed E-state index contributed by atoms with van der Waals surface area (Å²) in [5.41, 5.74) is 2.25. The van der Waals surface area contributed by atoms with Gasteiger partial charge in [0, 0.05) is 12.1 Å². The lowest BCUT2D eigenvalue weighted by Crippen LogP contribution is -2.00. The highest BCUT2D eigenvalue weighted by molar-refractivity contribution is 5.89. The molecule has 0 amide bonds. The first kappa shape index (κ1) is 11.3. The standard InChI is InChI=1S/C12H13N3O2/c1-3-15-8-11(13-14-15)9-4-6-10(7-5-9)12(16)17-2/h4-8H,3H2,1-2H3. The van der Waals surface area contributed by atoms with E-state index in [1.165, 1.54) is 7.11 Å². The Labute approximate surface area is 99.0 Å². The maximum atomic E-state index is 11.3. The van der Waals surface area contributed by atoms with Crippen LogP contribution in [-0.4, -0.2) is 28.1 Å². The Morgan fingerprint density at radius 2 is 2.06 bits per heavy atom. The zero-order valence-electron chi connectivity index (χ0n) is 9.75. The number of esters is 1. The van der Waals surface area contributed by atoms with Crippen molar-refractivity contribution in [1.82, 2.24) is 15.0 Å². The van der Waals surface area contributed by atoms with Gasteiger partial charge >= 0.3 is 5.97 Å². The van der Waals surface area contributed by atoms with Crippen molar-refractivity contribution in [3.05, 3.63) is 36.0 Å². The van der Waals surface area contributed by atoms with Gasteiger partial charge in [-0.1, -0.05) is 17.3 Å². The largest absolute Gasteiger partial charge is 0.465 e. The molecule has 0 radical (unpaired) electrons. The van der Waals surface area contributed by atoms with Crippen LogP contribution in [0.25, 0.3) is 11.3 Å². The topological polar surface area (TPSA) is 57.0 Å². The van der Waals surface area contributed by atoms with E-state index in [4.69, 9.17) is 0 Å². The van der Waals surface area contributed by atoms with Crippen molar-refractivity contribution in [2.75, 3.05) is 7.11 Å². The van der Waals surface area contributed by atoms with Crippen LogP contribution in [0.1, 0.15) is 17.3 Å². The molecule has 0 unspecified atom stereocenters. The number of aromatic nitrogens is 3. The molecule has 0 aliphatic heterocycles. The summed E-state index contributed by atoms with van der Waals surface area (Å²) in [7, 11) is 1.36. The number of ether oxygens (including phenoxy) is 1. The van der Waals surface area contributed by atoms with E-state index in [0.717, 1.165) is 17.8 Å². The number of aryl methyl sites for hydroxylation is 1. The Morgan fingerprint density at radius 1 is 1.35 bits per heavy atom. The van der Waals surface area contributed by atoms with Crippen LogP contribution in [0, 0.1) is 0 Å².